The SMILES string of the molecule is CC1(C)c2ccccc2C2(c3ccccc3-c3cc(-n4c(-c5ccccc5)nc5ccccc54)ccc32)c2ccccc21. The van der Waals surface area contributed by atoms with Gasteiger partial charge in [0, 0.05) is 16.7 Å². The van der Waals surface area contributed by atoms with Crippen LogP contribution in [0.1, 0.15) is 47.2 Å². The molecule has 2 heteroatoms. The van der Waals surface area contributed by atoms with Crippen molar-refractivity contribution < 1.29 is 0 Å². The lowest BCUT2D eigenvalue weighted by Gasteiger charge is -2.46. The van der Waals surface area contributed by atoms with Gasteiger partial charge in [0.25, 0.3) is 0 Å². The van der Waals surface area contributed by atoms with E-state index in [0.717, 1.165) is 28.1 Å². The Morgan fingerprint density at radius 1 is 0.488 bits per heavy atom. The molecule has 0 N–H and O–H groups in total. The molecule has 2 aliphatic rings. The molecule has 0 fully saturated rings. The Morgan fingerprint density at radius 3 is 1.77 bits per heavy atom. The number of hydrogen-bond acceptors (Lipinski definition) is 1. The monoisotopic (exact) mass is 550 g/mol. The predicted octanol–water partition coefficient (Wildman–Crippen LogP) is 9.69. The lowest BCUT2D eigenvalue weighted by Crippen LogP contribution is -2.40. The highest BCUT2D eigenvalue weighted by molar-refractivity contribution is 5.90. The van der Waals surface area contributed by atoms with E-state index in [1.54, 1.807) is 0 Å². The van der Waals surface area contributed by atoms with Crippen molar-refractivity contribution in [1.82, 2.24) is 9.55 Å². The van der Waals surface area contributed by atoms with Crippen LogP contribution in [-0.4, -0.2) is 9.55 Å². The third kappa shape index (κ3) is 3.10. The smallest absolute Gasteiger partial charge is 0.145 e. The van der Waals surface area contributed by atoms with Crippen LogP contribution in [0.4, 0.5) is 0 Å². The molecular formula is C41H30N2. The number of fused-ring (bicyclic) bond motifs is 10. The van der Waals surface area contributed by atoms with E-state index in [1.807, 2.05) is 0 Å². The fourth-order valence-electron chi connectivity index (χ4n) is 8.06. The molecular weight excluding hydrogens is 520 g/mol. The molecule has 0 bridgehead atoms. The third-order valence-corrected chi connectivity index (χ3v) is 9.89. The molecule has 0 unspecified atom stereocenters. The van der Waals surface area contributed by atoms with E-state index >= 15 is 0 Å². The van der Waals surface area contributed by atoms with E-state index < -0.39 is 0 Å². The van der Waals surface area contributed by atoms with Crippen LogP contribution >= 0.6 is 0 Å². The van der Waals surface area contributed by atoms with Crippen LogP contribution in [-0.2, 0) is 10.8 Å². The minimum absolute atomic E-state index is 0.101. The van der Waals surface area contributed by atoms with Gasteiger partial charge in [-0.2, -0.15) is 0 Å². The van der Waals surface area contributed by atoms with Crippen molar-refractivity contribution in [1.29, 1.82) is 0 Å². The molecule has 0 radical (unpaired) electrons. The van der Waals surface area contributed by atoms with Gasteiger partial charge in [-0.05, 0) is 68.8 Å². The summed E-state index contributed by atoms with van der Waals surface area (Å²) >= 11 is 0. The molecule has 0 saturated carbocycles. The zero-order chi connectivity index (χ0) is 28.8. The van der Waals surface area contributed by atoms with Gasteiger partial charge < -0.3 is 0 Å². The molecule has 9 rings (SSSR count). The van der Waals surface area contributed by atoms with Gasteiger partial charge in [-0.25, -0.2) is 4.98 Å². The Balaban J connectivity index is 1.38. The van der Waals surface area contributed by atoms with Crippen molar-refractivity contribution >= 4 is 11.0 Å². The fraction of sp³-hybridized carbons (Fsp3) is 0.0976. The number of nitrogens with zero attached hydrogens (tertiary/aromatic N) is 2. The number of hydrogen-bond donors (Lipinski definition) is 0. The molecule has 0 amide bonds. The van der Waals surface area contributed by atoms with Gasteiger partial charge in [0.1, 0.15) is 5.82 Å². The average Bonchev–Trinajstić information content (AvgIpc) is 3.59. The van der Waals surface area contributed by atoms with Crippen LogP contribution in [0.5, 0.6) is 0 Å². The van der Waals surface area contributed by atoms with Gasteiger partial charge >= 0.3 is 0 Å². The summed E-state index contributed by atoms with van der Waals surface area (Å²) in [6, 6.07) is 53.3. The summed E-state index contributed by atoms with van der Waals surface area (Å²) in [5.74, 6) is 0.956. The van der Waals surface area contributed by atoms with E-state index in [4.69, 9.17) is 4.98 Å². The maximum absolute atomic E-state index is 5.12. The first-order valence-electron chi connectivity index (χ1n) is 15.1. The average molecular weight is 551 g/mol. The summed E-state index contributed by atoms with van der Waals surface area (Å²) in [7, 11) is 0. The molecule has 0 saturated heterocycles. The van der Waals surface area contributed by atoms with E-state index in [1.165, 1.54) is 44.5 Å². The van der Waals surface area contributed by atoms with Crippen LogP contribution in [0.25, 0.3) is 39.2 Å². The fourth-order valence-corrected chi connectivity index (χ4v) is 8.06. The lowest BCUT2D eigenvalue weighted by molar-refractivity contribution is 0.563. The van der Waals surface area contributed by atoms with Gasteiger partial charge in [0.15, 0.2) is 0 Å². The molecule has 6 aromatic carbocycles. The Kier molecular flexibility index (Phi) is 4.91. The highest BCUT2D eigenvalue weighted by atomic mass is 15.1. The molecule has 7 aromatic rings. The summed E-state index contributed by atoms with van der Waals surface area (Å²) in [6.07, 6.45) is 0. The second-order valence-electron chi connectivity index (χ2n) is 12.4. The Bertz CT molecular complexity index is 2170. The topological polar surface area (TPSA) is 17.8 Å². The quantitative estimate of drug-likeness (QED) is 0.209. The van der Waals surface area contributed by atoms with Crippen molar-refractivity contribution in [3.63, 3.8) is 0 Å². The van der Waals surface area contributed by atoms with Crippen molar-refractivity contribution in [3.05, 3.63) is 179 Å². The van der Waals surface area contributed by atoms with Crippen molar-refractivity contribution in [3.8, 4) is 28.2 Å². The Hall–Kier alpha value is -5.21. The maximum Gasteiger partial charge on any atom is 0.145 e. The molecule has 1 aromatic heterocycles. The van der Waals surface area contributed by atoms with Gasteiger partial charge in [-0.1, -0.05) is 135 Å². The predicted molar refractivity (Wildman–Crippen MR) is 176 cm³/mol. The zero-order valence-corrected chi connectivity index (χ0v) is 24.3. The van der Waals surface area contributed by atoms with Crippen LogP contribution in [0.15, 0.2) is 146 Å². The van der Waals surface area contributed by atoms with E-state index in [0.29, 0.717) is 0 Å². The summed E-state index contributed by atoms with van der Waals surface area (Å²) in [6.45, 7) is 4.75. The number of para-hydroxylation sites is 2. The molecule has 2 aliphatic carbocycles. The number of imidazole rings is 1. The van der Waals surface area contributed by atoms with Crippen LogP contribution in [0, 0.1) is 0 Å². The third-order valence-electron chi connectivity index (χ3n) is 9.89. The van der Waals surface area contributed by atoms with E-state index in [-0.39, 0.29) is 10.8 Å². The van der Waals surface area contributed by atoms with E-state index in [2.05, 4.69) is 164 Å². The molecule has 0 atom stereocenters. The first-order chi connectivity index (χ1) is 21.1. The van der Waals surface area contributed by atoms with Crippen LogP contribution in [0.3, 0.4) is 0 Å². The second-order valence-corrected chi connectivity index (χ2v) is 12.4. The number of aromatic nitrogens is 2. The first kappa shape index (κ1) is 24.4. The van der Waals surface area contributed by atoms with E-state index in [9.17, 15) is 0 Å². The lowest BCUT2D eigenvalue weighted by atomic mass is 9.55. The normalized spacial score (nSPS) is 15.1. The van der Waals surface area contributed by atoms with Crippen molar-refractivity contribution in [2.75, 3.05) is 0 Å². The Labute approximate surface area is 251 Å². The molecule has 0 aliphatic heterocycles. The van der Waals surface area contributed by atoms with Gasteiger partial charge in [-0.3, -0.25) is 4.57 Å². The minimum atomic E-state index is -0.383. The van der Waals surface area contributed by atoms with Crippen LogP contribution in [0.2, 0.25) is 0 Å². The summed E-state index contributed by atoms with van der Waals surface area (Å²) in [5, 5.41) is 0. The zero-order valence-electron chi connectivity index (χ0n) is 24.3. The molecule has 2 nitrogen and oxygen atoms in total. The van der Waals surface area contributed by atoms with Crippen LogP contribution < -0.4 is 0 Å². The van der Waals surface area contributed by atoms with Gasteiger partial charge in [-0.15, -0.1) is 0 Å². The van der Waals surface area contributed by atoms with Crippen molar-refractivity contribution in [2.45, 2.75) is 24.7 Å². The summed E-state index contributed by atoms with van der Waals surface area (Å²) < 4.78 is 2.32. The maximum atomic E-state index is 5.12. The van der Waals surface area contributed by atoms with Gasteiger partial charge in [0.2, 0.25) is 0 Å². The van der Waals surface area contributed by atoms with Gasteiger partial charge in [0.05, 0.1) is 16.4 Å². The summed E-state index contributed by atoms with van der Waals surface area (Å²) in [4.78, 5) is 5.12. The second kappa shape index (κ2) is 8.65. The molecule has 43 heavy (non-hydrogen) atoms. The molecule has 1 heterocycles. The number of benzene rings is 6. The highest BCUT2D eigenvalue weighted by Gasteiger charge is 2.53. The minimum Gasteiger partial charge on any atom is -0.292 e. The Morgan fingerprint density at radius 2 is 1.05 bits per heavy atom. The largest absolute Gasteiger partial charge is 0.292 e. The number of rotatable bonds is 2. The standard InChI is InChI=1S/C41H30N2/c1-40(2)33-18-8-10-20-35(33)41(36-21-11-9-19-34(36)40)31-17-7-6-16-29(31)30-26-28(24-25-32(30)41)43-38-23-13-12-22-37(38)42-39(43)27-14-4-3-5-15-27/h3-26H,1-2H3. The van der Waals surface area contributed by atoms with Crippen molar-refractivity contribution in [2.24, 2.45) is 0 Å². The summed E-state index contributed by atoms with van der Waals surface area (Å²) in [5.41, 5.74) is 14.7. The molecule has 204 valence electrons. The first-order valence-corrected chi connectivity index (χ1v) is 15.1. The highest BCUT2D eigenvalue weighted by Crippen LogP contribution is 2.62. The molecule has 1 spiro atoms.